The van der Waals surface area contributed by atoms with Crippen molar-refractivity contribution in [3.05, 3.63) is 65.5 Å². The molecule has 2 aromatic rings. The molecule has 2 aromatic heterocycles. The number of fused-ring (bicyclic) bond motifs is 1. The van der Waals surface area contributed by atoms with Crippen molar-refractivity contribution in [3.63, 3.8) is 0 Å². The fourth-order valence-electron chi connectivity index (χ4n) is 10.5. The molecule has 0 amide bonds. The highest BCUT2D eigenvalue weighted by molar-refractivity contribution is 7.91. The van der Waals surface area contributed by atoms with Crippen LogP contribution in [0.5, 0.6) is 0 Å². The number of thiophene rings is 1. The molecular weight excluding hydrogens is 583 g/mol. The standard InChI is InChI=1S/C34H43NO6S2/c1-4-17-35(43(39,40)28-8-6-19-42-28)22-33(38)14-11-27-31(33,3)13-10-26-30(2)12-9-23(36)20-32(30)15-16-34(26,27)24(21-32)29(37)25-7-5-18-41-25/h5-8,15-16,18-19,21,23,26-27,36,38H,4,9-14,17,20,22H2,1-3H3/t23?,26-,27-,30-,31+,32+,33-,34-/m1/s1. The van der Waals surface area contributed by atoms with Crippen molar-refractivity contribution in [1.82, 2.24) is 4.31 Å². The highest BCUT2D eigenvalue weighted by atomic mass is 32.2. The molecule has 2 heterocycles. The van der Waals surface area contributed by atoms with Gasteiger partial charge in [0.1, 0.15) is 4.21 Å². The monoisotopic (exact) mass is 625 g/mol. The molecule has 2 spiro atoms. The lowest BCUT2D eigenvalue weighted by Gasteiger charge is -2.71. The Morgan fingerprint density at radius 3 is 2.51 bits per heavy atom. The summed E-state index contributed by atoms with van der Waals surface area (Å²) in [5.41, 5.74) is -2.29. The highest BCUT2D eigenvalue weighted by Gasteiger charge is 2.74. The van der Waals surface area contributed by atoms with Gasteiger partial charge in [-0.1, -0.05) is 45.1 Å². The first kappa shape index (κ1) is 29.7. The van der Waals surface area contributed by atoms with Crippen molar-refractivity contribution in [3.8, 4) is 0 Å². The fraction of sp³-hybridized carbons (Fsp3) is 0.618. The van der Waals surface area contributed by atoms with Crippen LogP contribution >= 0.6 is 11.3 Å². The van der Waals surface area contributed by atoms with Gasteiger partial charge in [0, 0.05) is 34.9 Å². The van der Waals surface area contributed by atoms with Crippen LogP contribution in [0, 0.1) is 33.5 Å². The summed E-state index contributed by atoms with van der Waals surface area (Å²) in [4.78, 5) is 14.3. The molecule has 2 bridgehead atoms. The number of allylic oxidation sites excluding steroid dienone is 4. The predicted octanol–water partition coefficient (Wildman–Crippen LogP) is 6.22. The van der Waals surface area contributed by atoms with Crippen LogP contribution in [0.15, 0.2) is 68.3 Å². The van der Waals surface area contributed by atoms with E-state index in [0.29, 0.717) is 42.2 Å². The molecule has 2 N–H and O–H groups in total. The van der Waals surface area contributed by atoms with Crippen molar-refractivity contribution in [2.75, 3.05) is 13.1 Å². The molecule has 9 heteroatoms. The topological polar surface area (TPSA) is 108 Å². The van der Waals surface area contributed by atoms with Gasteiger partial charge in [0.15, 0.2) is 5.76 Å². The van der Waals surface area contributed by atoms with Crippen LogP contribution in [0.2, 0.25) is 0 Å². The number of aliphatic hydroxyl groups excluding tert-OH is 1. The van der Waals surface area contributed by atoms with Gasteiger partial charge in [-0.3, -0.25) is 4.79 Å². The molecule has 3 saturated carbocycles. The minimum atomic E-state index is -3.76. The van der Waals surface area contributed by atoms with E-state index in [9.17, 15) is 23.4 Å². The third-order valence-corrected chi connectivity index (χ3v) is 15.9. The second-order valence-corrected chi connectivity index (χ2v) is 17.5. The number of ketones is 1. The first-order chi connectivity index (χ1) is 20.4. The van der Waals surface area contributed by atoms with Crippen molar-refractivity contribution >= 4 is 27.1 Å². The summed E-state index contributed by atoms with van der Waals surface area (Å²) >= 11 is 1.21. The zero-order valence-corrected chi connectivity index (χ0v) is 26.9. The zero-order chi connectivity index (χ0) is 30.5. The van der Waals surface area contributed by atoms with E-state index >= 15 is 0 Å². The van der Waals surface area contributed by atoms with Crippen LogP contribution in [-0.4, -0.2) is 53.5 Å². The van der Waals surface area contributed by atoms with Crippen LogP contribution < -0.4 is 0 Å². The van der Waals surface area contributed by atoms with Gasteiger partial charge in [0.05, 0.1) is 18.0 Å². The van der Waals surface area contributed by atoms with Gasteiger partial charge in [-0.25, -0.2) is 8.42 Å². The lowest BCUT2D eigenvalue weighted by atomic mass is 9.32. The summed E-state index contributed by atoms with van der Waals surface area (Å²) in [6.45, 7) is 6.83. The van der Waals surface area contributed by atoms with E-state index in [1.165, 1.54) is 21.9 Å². The third kappa shape index (κ3) is 3.81. The second kappa shape index (κ2) is 9.73. The number of carbonyl (C=O) groups is 1. The van der Waals surface area contributed by atoms with E-state index in [2.05, 4.69) is 32.1 Å². The van der Waals surface area contributed by atoms with Crippen molar-refractivity contribution < 1.29 is 27.8 Å². The molecule has 0 saturated heterocycles. The van der Waals surface area contributed by atoms with E-state index in [0.717, 1.165) is 31.3 Å². The maximum atomic E-state index is 14.3. The molecule has 3 fully saturated rings. The molecule has 7 nitrogen and oxygen atoms in total. The molecule has 8 rings (SSSR count). The molecule has 0 aliphatic heterocycles. The maximum absolute atomic E-state index is 14.3. The predicted molar refractivity (Wildman–Crippen MR) is 165 cm³/mol. The number of aliphatic hydroxyl groups is 2. The van der Waals surface area contributed by atoms with Gasteiger partial charge in [-0.15, -0.1) is 11.3 Å². The van der Waals surface area contributed by atoms with Gasteiger partial charge in [-0.05, 0) is 92.2 Å². The van der Waals surface area contributed by atoms with E-state index in [1.54, 1.807) is 29.6 Å². The molecule has 8 atom stereocenters. The number of rotatable bonds is 8. The van der Waals surface area contributed by atoms with Crippen LogP contribution in [0.3, 0.4) is 0 Å². The molecule has 0 radical (unpaired) electrons. The Bertz CT molecular complexity index is 1580. The summed E-state index contributed by atoms with van der Waals surface area (Å²) in [6.07, 6.45) is 13.4. The Labute approximate surface area is 258 Å². The number of hydrogen-bond donors (Lipinski definition) is 2. The van der Waals surface area contributed by atoms with Gasteiger partial charge >= 0.3 is 0 Å². The molecular formula is C34H43NO6S2. The Morgan fingerprint density at radius 2 is 1.81 bits per heavy atom. The van der Waals surface area contributed by atoms with Crippen LogP contribution in [-0.2, 0) is 10.0 Å². The van der Waals surface area contributed by atoms with E-state index < -0.39 is 38.0 Å². The summed E-state index contributed by atoms with van der Waals surface area (Å²) in [7, 11) is -3.76. The summed E-state index contributed by atoms with van der Waals surface area (Å²) < 4.78 is 35.0. The molecule has 6 aliphatic carbocycles. The van der Waals surface area contributed by atoms with Crippen molar-refractivity contribution in [2.24, 2.45) is 33.5 Å². The average molecular weight is 626 g/mol. The third-order valence-electron chi connectivity index (χ3n) is 12.7. The number of Topliss-reactive ketones (excluding diaryl/α,β-unsaturated/α-hetero) is 1. The van der Waals surface area contributed by atoms with Crippen LogP contribution in [0.1, 0.15) is 82.7 Å². The van der Waals surface area contributed by atoms with E-state index in [-0.39, 0.29) is 29.6 Å². The van der Waals surface area contributed by atoms with Crippen molar-refractivity contribution in [2.45, 2.75) is 88.1 Å². The van der Waals surface area contributed by atoms with Crippen LogP contribution in [0.4, 0.5) is 0 Å². The molecule has 43 heavy (non-hydrogen) atoms. The van der Waals surface area contributed by atoms with Gasteiger partial charge in [0.25, 0.3) is 10.0 Å². The molecule has 6 aliphatic rings. The number of carbonyl (C=O) groups excluding carboxylic acids is 1. The second-order valence-electron chi connectivity index (χ2n) is 14.4. The van der Waals surface area contributed by atoms with Crippen molar-refractivity contribution in [1.29, 1.82) is 0 Å². The first-order valence-electron chi connectivity index (χ1n) is 15.8. The Kier molecular flexibility index (Phi) is 6.71. The Hall–Kier alpha value is -2.04. The first-order valence-corrected chi connectivity index (χ1v) is 18.1. The zero-order valence-electron chi connectivity index (χ0n) is 25.3. The lowest BCUT2D eigenvalue weighted by Crippen LogP contribution is -2.67. The normalized spacial score (nSPS) is 41.5. The SMILES string of the molecule is CCCN(C[C@]1(O)CC[C@H]2[C@]34C=C[C@@]5(C=C3C(=O)c3ccco3)CC(O)CC[C@]5(C)[C@H]4CC[C@@]21C)S(=O)(=O)c1cccs1. The minimum Gasteiger partial charge on any atom is -0.461 e. The minimum absolute atomic E-state index is 0.0388. The number of nitrogens with zero attached hydrogens (tertiary/aromatic N) is 1. The molecule has 0 aromatic carbocycles. The lowest BCUT2D eigenvalue weighted by molar-refractivity contribution is -0.173. The Balaban J connectivity index is 1.33. The van der Waals surface area contributed by atoms with E-state index in [4.69, 9.17) is 4.42 Å². The largest absolute Gasteiger partial charge is 0.461 e. The number of sulfonamides is 1. The van der Waals surface area contributed by atoms with Gasteiger partial charge in [0.2, 0.25) is 5.78 Å². The van der Waals surface area contributed by atoms with Gasteiger partial charge < -0.3 is 14.6 Å². The number of furan rings is 1. The molecule has 1 unspecified atom stereocenters. The smallest absolute Gasteiger partial charge is 0.252 e. The number of hydrogen-bond acceptors (Lipinski definition) is 7. The maximum Gasteiger partial charge on any atom is 0.252 e. The Morgan fingerprint density at radius 1 is 1.07 bits per heavy atom. The molecule has 232 valence electrons. The quantitative estimate of drug-likeness (QED) is 0.267. The van der Waals surface area contributed by atoms with Gasteiger partial charge in [-0.2, -0.15) is 4.31 Å². The fourth-order valence-corrected chi connectivity index (χ4v) is 13.2. The summed E-state index contributed by atoms with van der Waals surface area (Å²) in [5.74, 6) is 0.304. The average Bonchev–Trinajstić information content (AvgIpc) is 3.75. The summed E-state index contributed by atoms with van der Waals surface area (Å²) in [6, 6.07) is 6.84. The van der Waals surface area contributed by atoms with E-state index in [1.807, 2.05) is 6.92 Å². The highest BCUT2D eigenvalue weighted by Crippen LogP contribution is 2.78. The summed E-state index contributed by atoms with van der Waals surface area (Å²) in [5, 5.41) is 25.3. The van der Waals surface area contributed by atoms with Crippen LogP contribution in [0.25, 0.3) is 0 Å².